The van der Waals surface area contributed by atoms with Crippen molar-refractivity contribution >= 4 is 0 Å². The Hall–Kier alpha value is -1.68. The SMILES string of the molecule is CCCNC(Cc1ccc(F)cc1)Cc1cnn(CC)c1. The topological polar surface area (TPSA) is 29.9 Å². The van der Waals surface area contributed by atoms with Crippen molar-refractivity contribution in [2.24, 2.45) is 0 Å². The van der Waals surface area contributed by atoms with E-state index in [1.54, 1.807) is 0 Å². The molecule has 0 fully saturated rings. The summed E-state index contributed by atoms with van der Waals surface area (Å²) in [5, 5.41) is 7.90. The maximum atomic E-state index is 13.0. The molecule has 0 saturated heterocycles. The molecule has 2 aromatic rings. The highest BCUT2D eigenvalue weighted by Gasteiger charge is 2.11. The zero-order valence-electron chi connectivity index (χ0n) is 12.8. The maximum absolute atomic E-state index is 13.0. The predicted molar refractivity (Wildman–Crippen MR) is 83.8 cm³/mol. The summed E-state index contributed by atoms with van der Waals surface area (Å²) < 4.78 is 14.9. The highest BCUT2D eigenvalue weighted by atomic mass is 19.1. The van der Waals surface area contributed by atoms with E-state index < -0.39 is 0 Å². The lowest BCUT2D eigenvalue weighted by Gasteiger charge is -2.18. The minimum Gasteiger partial charge on any atom is -0.313 e. The number of hydrogen-bond donors (Lipinski definition) is 1. The first-order chi connectivity index (χ1) is 10.2. The number of benzene rings is 1. The Balaban J connectivity index is 2.01. The van der Waals surface area contributed by atoms with Crippen molar-refractivity contribution in [3.05, 3.63) is 53.6 Å². The summed E-state index contributed by atoms with van der Waals surface area (Å²) in [6.45, 7) is 6.14. The normalized spacial score (nSPS) is 12.5. The standard InChI is InChI=1S/C17H24FN3/c1-3-9-19-17(10-14-5-7-16(18)8-6-14)11-15-12-20-21(4-2)13-15/h5-8,12-13,17,19H,3-4,9-11H2,1-2H3. The van der Waals surface area contributed by atoms with Crippen LogP contribution >= 0.6 is 0 Å². The maximum Gasteiger partial charge on any atom is 0.123 e. The first-order valence-corrected chi connectivity index (χ1v) is 7.70. The lowest BCUT2D eigenvalue weighted by atomic mass is 10.0. The summed E-state index contributed by atoms with van der Waals surface area (Å²) in [5.41, 5.74) is 2.40. The van der Waals surface area contributed by atoms with Crippen LogP contribution in [0.2, 0.25) is 0 Å². The Kier molecular flexibility index (Phi) is 5.93. The van der Waals surface area contributed by atoms with Crippen molar-refractivity contribution in [1.82, 2.24) is 15.1 Å². The molecule has 2 rings (SSSR count). The van der Waals surface area contributed by atoms with Crippen LogP contribution in [0.25, 0.3) is 0 Å². The molecule has 3 nitrogen and oxygen atoms in total. The van der Waals surface area contributed by atoms with Gasteiger partial charge in [-0.2, -0.15) is 5.10 Å². The molecule has 0 aliphatic rings. The first-order valence-electron chi connectivity index (χ1n) is 7.70. The molecule has 1 N–H and O–H groups in total. The fourth-order valence-corrected chi connectivity index (χ4v) is 2.44. The van der Waals surface area contributed by atoms with Crippen molar-refractivity contribution in [1.29, 1.82) is 0 Å². The lowest BCUT2D eigenvalue weighted by Crippen LogP contribution is -2.33. The summed E-state index contributed by atoms with van der Waals surface area (Å²) in [6, 6.07) is 7.14. The van der Waals surface area contributed by atoms with Gasteiger partial charge in [0.05, 0.1) is 6.20 Å². The molecule has 0 bridgehead atoms. The molecular weight excluding hydrogens is 265 g/mol. The molecule has 21 heavy (non-hydrogen) atoms. The minimum absolute atomic E-state index is 0.180. The molecule has 1 atom stereocenters. The van der Waals surface area contributed by atoms with E-state index in [2.05, 4.69) is 30.5 Å². The Bertz CT molecular complexity index is 533. The first kappa shape index (κ1) is 15.7. The van der Waals surface area contributed by atoms with Crippen molar-refractivity contribution in [3.63, 3.8) is 0 Å². The van der Waals surface area contributed by atoms with Crippen LogP contribution in [0.1, 0.15) is 31.4 Å². The summed E-state index contributed by atoms with van der Waals surface area (Å²) in [4.78, 5) is 0. The molecule has 4 heteroatoms. The average Bonchev–Trinajstić information content (AvgIpc) is 2.95. The molecular formula is C17H24FN3. The Labute approximate surface area is 126 Å². The van der Waals surface area contributed by atoms with Gasteiger partial charge >= 0.3 is 0 Å². The molecule has 1 aromatic heterocycles. The molecule has 0 spiro atoms. The molecule has 1 unspecified atom stereocenters. The fourth-order valence-electron chi connectivity index (χ4n) is 2.44. The second-order valence-electron chi connectivity index (χ2n) is 5.39. The van der Waals surface area contributed by atoms with Gasteiger partial charge in [-0.1, -0.05) is 19.1 Å². The van der Waals surface area contributed by atoms with E-state index in [9.17, 15) is 4.39 Å². The molecule has 114 valence electrons. The van der Waals surface area contributed by atoms with Gasteiger partial charge < -0.3 is 5.32 Å². The second kappa shape index (κ2) is 7.93. The predicted octanol–water partition coefficient (Wildman–Crippen LogP) is 3.20. The van der Waals surface area contributed by atoms with Crippen LogP contribution in [-0.2, 0) is 19.4 Å². The summed E-state index contributed by atoms with van der Waals surface area (Å²) in [6.07, 6.45) is 6.99. The number of nitrogens with zero attached hydrogens (tertiary/aromatic N) is 2. The van der Waals surface area contributed by atoms with Crippen LogP contribution in [0.15, 0.2) is 36.7 Å². The van der Waals surface area contributed by atoms with Crippen LogP contribution < -0.4 is 5.32 Å². The van der Waals surface area contributed by atoms with Crippen molar-refractivity contribution < 1.29 is 4.39 Å². The molecule has 0 aliphatic heterocycles. The number of aryl methyl sites for hydroxylation is 1. The smallest absolute Gasteiger partial charge is 0.123 e. The Morgan fingerprint density at radius 3 is 2.48 bits per heavy atom. The van der Waals surface area contributed by atoms with Gasteiger partial charge in [0.2, 0.25) is 0 Å². The van der Waals surface area contributed by atoms with Crippen LogP contribution in [0.3, 0.4) is 0 Å². The van der Waals surface area contributed by atoms with Gasteiger partial charge in [0, 0.05) is 18.8 Å². The lowest BCUT2D eigenvalue weighted by molar-refractivity contribution is 0.504. The molecule has 0 amide bonds. The summed E-state index contributed by atoms with van der Waals surface area (Å²) >= 11 is 0. The number of nitrogens with one attached hydrogen (secondary N) is 1. The number of halogens is 1. The van der Waals surface area contributed by atoms with E-state index >= 15 is 0 Å². The summed E-state index contributed by atoms with van der Waals surface area (Å²) in [7, 11) is 0. The van der Waals surface area contributed by atoms with E-state index in [0.717, 1.165) is 37.9 Å². The number of aromatic nitrogens is 2. The third-order valence-electron chi connectivity index (χ3n) is 3.57. The van der Waals surface area contributed by atoms with Crippen LogP contribution in [0.4, 0.5) is 4.39 Å². The highest BCUT2D eigenvalue weighted by Crippen LogP contribution is 2.10. The van der Waals surface area contributed by atoms with Crippen molar-refractivity contribution in [3.8, 4) is 0 Å². The van der Waals surface area contributed by atoms with Crippen LogP contribution in [0.5, 0.6) is 0 Å². The van der Waals surface area contributed by atoms with Crippen molar-refractivity contribution in [2.45, 2.75) is 45.7 Å². The monoisotopic (exact) mass is 289 g/mol. The largest absolute Gasteiger partial charge is 0.313 e. The third kappa shape index (κ3) is 4.97. The van der Waals surface area contributed by atoms with Crippen molar-refractivity contribution in [2.75, 3.05) is 6.54 Å². The Morgan fingerprint density at radius 2 is 1.86 bits per heavy atom. The highest BCUT2D eigenvalue weighted by molar-refractivity contribution is 5.18. The minimum atomic E-state index is -0.180. The van der Waals surface area contributed by atoms with Gasteiger partial charge in [-0.05, 0) is 56.0 Å². The zero-order chi connectivity index (χ0) is 15.1. The second-order valence-corrected chi connectivity index (χ2v) is 5.39. The molecule has 0 aliphatic carbocycles. The van der Waals surface area contributed by atoms with Gasteiger partial charge in [0.1, 0.15) is 5.82 Å². The van der Waals surface area contributed by atoms with Crippen LogP contribution in [0, 0.1) is 5.82 Å². The Morgan fingerprint density at radius 1 is 1.14 bits per heavy atom. The zero-order valence-corrected chi connectivity index (χ0v) is 12.8. The van der Waals surface area contributed by atoms with Gasteiger partial charge in [0.15, 0.2) is 0 Å². The molecule has 0 radical (unpaired) electrons. The molecule has 0 saturated carbocycles. The van der Waals surface area contributed by atoms with E-state index in [-0.39, 0.29) is 5.82 Å². The summed E-state index contributed by atoms with van der Waals surface area (Å²) in [5.74, 6) is -0.180. The average molecular weight is 289 g/mol. The number of hydrogen-bond acceptors (Lipinski definition) is 2. The van der Waals surface area contributed by atoms with Gasteiger partial charge in [0.25, 0.3) is 0 Å². The van der Waals surface area contributed by atoms with E-state index in [1.165, 1.54) is 17.7 Å². The van der Waals surface area contributed by atoms with E-state index in [0.29, 0.717) is 6.04 Å². The van der Waals surface area contributed by atoms with Crippen LogP contribution in [-0.4, -0.2) is 22.4 Å². The van der Waals surface area contributed by atoms with Gasteiger partial charge in [-0.15, -0.1) is 0 Å². The molecule has 1 heterocycles. The fraction of sp³-hybridized carbons (Fsp3) is 0.471. The number of rotatable bonds is 8. The van der Waals surface area contributed by atoms with E-state index in [1.807, 2.05) is 23.0 Å². The molecule has 1 aromatic carbocycles. The third-order valence-corrected chi connectivity index (χ3v) is 3.57. The quantitative estimate of drug-likeness (QED) is 0.809. The van der Waals surface area contributed by atoms with E-state index in [4.69, 9.17) is 0 Å². The van der Waals surface area contributed by atoms with Gasteiger partial charge in [-0.3, -0.25) is 4.68 Å². The van der Waals surface area contributed by atoms with Gasteiger partial charge in [-0.25, -0.2) is 4.39 Å².